The van der Waals surface area contributed by atoms with Gasteiger partial charge in [-0.15, -0.1) is 11.3 Å². The molecule has 1 atom stereocenters. The maximum absolute atomic E-state index is 5.55. The SMILES string of the molecule is CCNC(c1cncc(OCC)c1)c1ccc(CC)s1. The van der Waals surface area contributed by atoms with Crippen LogP contribution in [0.1, 0.15) is 42.1 Å². The van der Waals surface area contributed by atoms with E-state index < -0.39 is 0 Å². The van der Waals surface area contributed by atoms with Crippen LogP contribution >= 0.6 is 11.3 Å². The Labute approximate surface area is 125 Å². The van der Waals surface area contributed by atoms with Gasteiger partial charge in [0.05, 0.1) is 18.8 Å². The summed E-state index contributed by atoms with van der Waals surface area (Å²) in [5, 5.41) is 3.54. The van der Waals surface area contributed by atoms with E-state index in [9.17, 15) is 0 Å². The lowest BCUT2D eigenvalue weighted by Gasteiger charge is -2.17. The Hall–Kier alpha value is -1.39. The Bertz CT molecular complexity index is 539. The average molecular weight is 290 g/mol. The molecule has 0 saturated carbocycles. The first-order valence-corrected chi connectivity index (χ1v) is 7.99. The predicted molar refractivity (Wildman–Crippen MR) is 84.6 cm³/mol. The minimum atomic E-state index is 0.193. The van der Waals surface area contributed by atoms with E-state index in [0.717, 1.165) is 24.3 Å². The number of nitrogens with one attached hydrogen (secondary N) is 1. The van der Waals surface area contributed by atoms with Crippen LogP contribution in [0.15, 0.2) is 30.6 Å². The van der Waals surface area contributed by atoms with Crippen LogP contribution in [0.4, 0.5) is 0 Å². The van der Waals surface area contributed by atoms with E-state index in [1.807, 2.05) is 24.5 Å². The van der Waals surface area contributed by atoms with Crippen LogP contribution < -0.4 is 10.1 Å². The van der Waals surface area contributed by atoms with E-state index in [2.05, 4.69) is 42.3 Å². The van der Waals surface area contributed by atoms with Gasteiger partial charge in [-0.1, -0.05) is 13.8 Å². The number of pyridine rings is 1. The van der Waals surface area contributed by atoms with E-state index in [1.165, 1.54) is 9.75 Å². The van der Waals surface area contributed by atoms with E-state index in [4.69, 9.17) is 4.74 Å². The highest BCUT2D eigenvalue weighted by molar-refractivity contribution is 7.12. The number of hydrogen-bond acceptors (Lipinski definition) is 4. The molecule has 0 aliphatic carbocycles. The zero-order valence-electron chi connectivity index (χ0n) is 12.3. The first-order valence-electron chi connectivity index (χ1n) is 7.18. The topological polar surface area (TPSA) is 34.2 Å². The van der Waals surface area contributed by atoms with Crippen LogP contribution in [-0.2, 0) is 6.42 Å². The Morgan fingerprint density at radius 1 is 1.25 bits per heavy atom. The van der Waals surface area contributed by atoms with Crippen LogP contribution in [0.25, 0.3) is 0 Å². The van der Waals surface area contributed by atoms with Crippen LogP contribution in [0, 0.1) is 0 Å². The van der Waals surface area contributed by atoms with Crippen molar-refractivity contribution in [1.82, 2.24) is 10.3 Å². The summed E-state index contributed by atoms with van der Waals surface area (Å²) in [4.78, 5) is 7.04. The van der Waals surface area contributed by atoms with Crippen molar-refractivity contribution in [2.24, 2.45) is 0 Å². The second-order valence-electron chi connectivity index (χ2n) is 4.54. The van der Waals surface area contributed by atoms with Gasteiger partial charge in [-0.05, 0) is 43.7 Å². The van der Waals surface area contributed by atoms with Crippen molar-refractivity contribution in [1.29, 1.82) is 0 Å². The molecule has 4 heteroatoms. The van der Waals surface area contributed by atoms with E-state index >= 15 is 0 Å². The fraction of sp³-hybridized carbons (Fsp3) is 0.438. The fourth-order valence-corrected chi connectivity index (χ4v) is 3.22. The van der Waals surface area contributed by atoms with Gasteiger partial charge in [0.15, 0.2) is 0 Å². The first kappa shape index (κ1) is 15.0. The maximum atomic E-state index is 5.55. The summed E-state index contributed by atoms with van der Waals surface area (Å²) in [6.07, 6.45) is 4.77. The molecule has 0 saturated heterocycles. The van der Waals surface area contributed by atoms with Crippen molar-refractivity contribution in [3.05, 3.63) is 45.9 Å². The first-order chi connectivity index (χ1) is 9.78. The van der Waals surface area contributed by atoms with Gasteiger partial charge in [0.25, 0.3) is 0 Å². The molecular formula is C16H22N2OS. The average Bonchev–Trinajstić information content (AvgIpc) is 2.94. The molecule has 108 valence electrons. The lowest BCUT2D eigenvalue weighted by Crippen LogP contribution is -2.21. The Kier molecular flexibility index (Phi) is 5.56. The lowest BCUT2D eigenvalue weighted by molar-refractivity contribution is 0.338. The van der Waals surface area contributed by atoms with Crippen molar-refractivity contribution in [3.8, 4) is 5.75 Å². The van der Waals surface area contributed by atoms with Gasteiger partial charge in [-0.25, -0.2) is 0 Å². The molecule has 0 radical (unpaired) electrons. The molecule has 0 fully saturated rings. The molecule has 3 nitrogen and oxygen atoms in total. The lowest BCUT2D eigenvalue weighted by atomic mass is 10.1. The van der Waals surface area contributed by atoms with E-state index in [1.54, 1.807) is 6.20 Å². The molecule has 2 heterocycles. The molecule has 2 rings (SSSR count). The van der Waals surface area contributed by atoms with Gasteiger partial charge in [-0.2, -0.15) is 0 Å². The Morgan fingerprint density at radius 3 is 2.75 bits per heavy atom. The largest absolute Gasteiger partial charge is 0.492 e. The molecule has 20 heavy (non-hydrogen) atoms. The molecule has 2 aromatic heterocycles. The summed E-state index contributed by atoms with van der Waals surface area (Å²) in [7, 11) is 0. The van der Waals surface area contributed by atoms with Gasteiger partial charge in [0.2, 0.25) is 0 Å². The molecule has 1 unspecified atom stereocenters. The van der Waals surface area contributed by atoms with Gasteiger partial charge >= 0.3 is 0 Å². The van der Waals surface area contributed by atoms with E-state index in [-0.39, 0.29) is 6.04 Å². The fourth-order valence-electron chi connectivity index (χ4n) is 2.17. The van der Waals surface area contributed by atoms with Gasteiger partial charge < -0.3 is 10.1 Å². The summed E-state index contributed by atoms with van der Waals surface area (Å²) in [6, 6.07) is 6.70. The van der Waals surface area contributed by atoms with Crippen LogP contribution in [0.5, 0.6) is 5.75 Å². The summed E-state index contributed by atoms with van der Waals surface area (Å²) >= 11 is 1.86. The van der Waals surface area contributed by atoms with Crippen molar-refractivity contribution < 1.29 is 4.74 Å². The quantitative estimate of drug-likeness (QED) is 0.842. The van der Waals surface area contributed by atoms with Gasteiger partial charge in [0, 0.05) is 16.0 Å². The summed E-state index contributed by atoms with van der Waals surface area (Å²) in [6.45, 7) is 7.89. The molecule has 0 aliphatic heterocycles. The van der Waals surface area contributed by atoms with Crippen molar-refractivity contribution in [2.75, 3.05) is 13.2 Å². The summed E-state index contributed by atoms with van der Waals surface area (Å²) < 4.78 is 5.55. The highest BCUT2D eigenvalue weighted by Gasteiger charge is 2.16. The molecule has 0 spiro atoms. The molecule has 1 N–H and O–H groups in total. The van der Waals surface area contributed by atoms with Crippen LogP contribution in [0.3, 0.4) is 0 Å². The third-order valence-electron chi connectivity index (χ3n) is 3.10. The summed E-state index contributed by atoms with van der Waals surface area (Å²) in [5.74, 6) is 0.833. The monoisotopic (exact) mass is 290 g/mol. The zero-order valence-corrected chi connectivity index (χ0v) is 13.2. The minimum Gasteiger partial charge on any atom is -0.492 e. The Morgan fingerprint density at radius 2 is 2.10 bits per heavy atom. The zero-order chi connectivity index (χ0) is 14.4. The standard InChI is InChI=1S/C16H22N2OS/c1-4-14-7-8-15(20-14)16(18-5-2)12-9-13(19-6-3)11-17-10-12/h7-11,16,18H,4-6H2,1-3H3. The second-order valence-corrected chi connectivity index (χ2v) is 5.74. The van der Waals surface area contributed by atoms with Gasteiger partial charge in [0.1, 0.15) is 5.75 Å². The highest BCUT2D eigenvalue weighted by atomic mass is 32.1. The number of aryl methyl sites for hydroxylation is 1. The number of rotatable bonds is 7. The van der Waals surface area contributed by atoms with Gasteiger partial charge in [-0.3, -0.25) is 4.98 Å². The number of nitrogens with zero attached hydrogens (tertiary/aromatic N) is 1. The van der Waals surface area contributed by atoms with Crippen LogP contribution in [-0.4, -0.2) is 18.1 Å². The third-order valence-corrected chi connectivity index (χ3v) is 4.40. The molecular weight excluding hydrogens is 268 g/mol. The van der Waals surface area contributed by atoms with Crippen molar-refractivity contribution in [3.63, 3.8) is 0 Å². The maximum Gasteiger partial charge on any atom is 0.137 e. The van der Waals surface area contributed by atoms with E-state index in [0.29, 0.717) is 6.61 Å². The predicted octanol–water partition coefficient (Wildman–Crippen LogP) is 3.80. The molecule has 0 amide bonds. The molecule has 0 aliphatic rings. The number of thiophene rings is 1. The highest BCUT2D eigenvalue weighted by Crippen LogP contribution is 2.30. The number of aromatic nitrogens is 1. The third kappa shape index (κ3) is 3.58. The minimum absolute atomic E-state index is 0.193. The molecule has 2 aromatic rings. The number of hydrogen-bond donors (Lipinski definition) is 1. The summed E-state index contributed by atoms with van der Waals surface area (Å²) in [5.41, 5.74) is 1.15. The number of ether oxygens (including phenoxy) is 1. The van der Waals surface area contributed by atoms with Crippen molar-refractivity contribution in [2.45, 2.75) is 33.2 Å². The Balaban J connectivity index is 2.29. The molecule has 0 aromatic carbocycles. The van der Waals surface area contributed by atoms with Crippen LogP contribution in [0.2, 0.25) is 0 Å². The normalized spacial score (nSPS) is 12.3. The smallest absolute Gasteiger partial charge is 0.137 e. The molecule has 0 bridgehead atoms. The second kappa shape index (κ2) is 7.41. The van der Waals surface area contributed by atoms with Crippen molar-refractivity contribution >= 4 is 11.3 Å².